The van der Waals surface area contributed by atoms with Crippen LogP contribution in [0.15, 0.2) is 24.3 Å². The molecule has 0 radical (unpaired) electrons. The molecule has 3 nitrogen and oxygen atoms in total. The molecule has 3 heteroatoms. The average Bonchev–Trinajstić information content (AvgIpc) is 2.57. The molecule has 0 aromatic rings. The maximum Gasteiger partial charge on any atom is 0.247 e. The van der Waals surface area contributed by atoms with E-state index in [4.69, 9.17) is 0 Å². The molecule has 0 fully saturated rings. The number of hydrogen-bond donors (Lipinski definition) is 1. The van der Waals surface area contributed by atoms with E-state index in [9.17, 15) is 9.59 Å². The van der Waals surface area contributed by atoms with Gasteiger partial charge in [-0.25, -0.2) is 0 Å². The largest absolute Gasteiger partial charge is 0.352 e. The molecule has 1 N–H and O–H groups in total. The van der Waals surface area contributed by atoms with Crippen LogP contribution in [0, 0.1) is 17.8 Å². The Bertz CT molecular complexity index is 425. The summed E-state index contributed by atoms with van der Waals surface area (Å²) in [5, 5.41) is 2.98. The van der Waals surface area contributed by atoms with Crippen molar-refractivity contribution in [2.45, 2.75) is 66.7 Å². The Hall–Kier alpha value is -1.38. The van der Waals surface area contributed by atoms with E-state index in [1.807, 2.05) is 20.8 Å². The maximum atomic E-state index is 12.1. The molecular weight excluding hydrogens is 286 g/mol. The van der Waals surface area contributed by atoms with Crippen molar-refractivity contribution in [3.63, 3.8) is 0 Å². The molecule has 0 aromatic carbocycles. The van der Waals surface area contributed by atoms with Crippen LogP contribution in [0.2, 0.25) is 0 Å². The highest BCUT2D eigenvalue weighted by atomic mass is 16.1. The third-order valence-electron chi connectivity index (χ3n) is 4.90. The van der Waals surface area contributed by atoms with Gasteiger partial charge >= 0.3 is 0 Å². The Kier molecular flexibility index (Phi) is 10.5. The van der Waals surface area contributed by atoms with Crippen molar-refractivity contribution in [2.75, 3.05) is 6.54 Å². The van der Waals surface area contributed by atoms with E-state index < -0.39 is 0 Å². The summed E-state index contributed by atoms with van der Waals surface area (Å²) in [7, 11) is 0. The number of amides is 1. The number of hydrogen-bond acceptors (Lipinski definition) is 2. The van der Waals surface area contributed by atoms with Crippen molar-refractivity contribution < 1.29 is 9.59 Å². The molecule has 0 saturated heterocycles. The molecule has 0 saturated carbocycles. The molecule has 3 unspecified atom stereocenters. The predicted molar refractivity (Wildman–Crippen MR) is 98.2 cm³/mol. The third kappa shape index (κ3) is 5.96. The first-order chi connectivity index (χ1) is 11.0. The summed E-state index contributed by atoms with van der Waals surface area (Å²) >= 11 is 0. The van der Waals surface area contributed by atoms with Crippen LogP contribution in [0.3, 0.4) is 0 Å². The van der Waals surface area contributed by atoms with Crippen molar-refractivity contribution in [1.29, 1.82) is 0 Å². The monoisotopic (exact) mass is 321 g/mol. The van der Waals surface area contributed by atoms with Gasteiger partial charge in [-0.2, -0.15) is 0 Å². The lowest BCUT2D eigenvalue weighted by molar-refractivity contribution is -0.120. The number of rotatable bonds is 4. The number of carbonyl (C=O) groups is 2. The third-order valence-corrected chi connectivity index (χ3v) is 4.90. The Morgan fingerprint density at radius 2 is 1.91 bits per heavy atom. The van der Waals surface area contributed by atoms with Crippen LogP contribution in [0.1, 0.15) is 66.7 Å². The number of ketones is 1. The van der Waals surface area contributed by atoms with Gasteiger partial charge in [0.1, 0.15) is 5.78 Å². The summed E-state index contributed by atoms with van der Waals surface area (Å²) in [6.07, 6.45) is 5.16. The van der Waals surface area contributed by atoms with Gasteiger partial charge in [0.15, 0.2) is 0 Å². The quantitative estimate of drug-likeness (QED) is 0.764. The first-order valence-electron chi connectivity index (χ1n) is 9.01. The van der Waals surface area contributed by atoms with E-state index >= 15 is 0 Å². The fraction of sp³-hybridized carbons (Fsp3) is 0.700. The molecule has 1 aliphatic carbocycles. The van der Waals surface area contributed by atoms with E-state index in [1.54, 1.807) is 6.92 Å². The van der Waals surface area contributed by atoms with E-state index in [0.29, 0.717) is 11.8 Å². The second-order valence-corrected chi connectivity index (χ2v) is 6.23. The summed E-state index contributed by atoms with van der Waals surface area (Å²) in [5.74, 6) is 1.43. The van der Waals surface area contributed by atoms with Crippen molar-refractivity contribution in [3.05, 3.63) is 24.3 Å². The number of Topliss-reactive ketones (excluding diaryl/α,β-unsaturated/α-hetero) is 1. The highest BCUT2D eigenvalue weighted by Gasteiger charge is 2.34. The van der Waals surface area contributed by atoms with Gasteiger partial charge in [0.05, 0.1) is 0 Å². The Morgan fingerprint density at radius 3 is 2.48 bits per heavy atom. The second kappa shape index (κ2) is 11.2. The zero-order valence-corrected chi connectivity index (χ0v) is 15.7. The highest BCUT2D eigenvalue weighted by molar-refractivity contribution is 5.95. The summed E-state index contributed by atoms with van der Waals surface area (Å²) in [5.41, 5.74) is 2.43. The van der Waals surface area contributed by atoms with Gasteiger partial charge in [0.2, 0.25) is 5.91 Å². The van der Waals surface area contributed by atoms with Crippen molar-refractivity contribution in [3.8, 4) is 0 Å². The first kappa shape index (κ1) is 21.6. The van der Waals surface area contributed by atoms with Gasteiger partial charge in [-0.05, 0) is 50.9 Å². The van der Waals surface area contributed by atoms with Gasteiger partial charge < -0.3 is 5.32 Å². The zero-order chi connectivity index (χ0) is 18.0. The minimum atomic E-state index is 0.116. The minimum absolute atomic E-state index is 0.116. The molecule has 132 valence electrons. The van der Waals surface area contributed by atoms with E-state index in [2.05, 4.69) is 25.4 Å². The fourth-order valence-electron chi connectivity index (χ4n) is 3.36. The molecule has 3 atom stereocenters. The fourth-order valence-corrected chi connectivity index (χ4v) is 3.36. The Labute approximate surface area is 142 Å². The van der Waals surface area contributed by atoms with Gasteiger partial charge in [0.25, 0.3) is 0 Å². The van der Waals surface area contributed by atoms with Crippen LogP contribution >= 0.6 is 0 Å². The normalized spacial score (nSPS) is 24.1. The molecule has 1 amide bonds. The molecule has 0 spiro atoms. The second-order valence-electron chi connectivity index (χ2n) is 6.23. The summed E-state index contributed by atoms with van der Waals surface area (Å²) < 4.78 is 0. The smallest absolute Gasteiger partial charge is 0.247 e. The molecule has 0 aromatic heterocycles. The molecular formula is C20H35NO2. The predicted octanol–water partition coefficient (Wildman–Crippen LogP) is 4.68. The standard InChI is InChI=1S/C16H25NO2.C2H6.C2H4/c1-10(12(3)18)5-7-14-11(2)4-6-13-8-9-17-16(19)15(13)14;2*1-2/h10-11,14H,4-9H2,1-3H3,(H,17,19);1-2H3;1-2H2. The maximum absolute atomic E-state index is 12.1. The van der Waals surface area contributed by atoms with Crippen LogP contribution < -0.4 is 5.32 Å². The zero-order valence-electron chi connectivity index (χ0n) is 15.7. The van der Waals surface area contributed by atoms with Crippen LogP contribution in [0.5, 0.6) is 0 Å². The number of carbonyl (C=O) groups excluding carboxylic acids is 2. The number of nitrogens with one attached hydrogen (secondary N) is 1. The van der Waals surface area contributed by atoms with E-state index in [0.717, 1.165) is 37.8 Å². The van der Waals surface area contributed by atoms with Crippen LogP contribution in [0.4, 0.5) is 0 Å². The summed E-state index contributed by atoms with van der Waals surface area (Å²) in [6.45, 7) is 16.7. The molecule has 2 rings (SSSR count). The van der Waals surface area contributed by atoms with Crippen molar-refractivity contribution >= 4 is 11.7 Å². The summed E-state index contributed by atoms with van der Waals surface area (Å²) in [4.78, 5) is 23.5. The van der Waals surface area contributed by atoms with Gasteiger partial charge in [-0.1, -0.05) is 33.3 Å². The minimum Gasteiger partial charge on any atom is -0.352 e. The average molecular weight is 322 g/mol. The Morgan fingerprint density at radius 1 is 1.30 bits per heavy atom. The summed E-state index contributed by atoms with van der Waals surface area (Å²) in [6, 6.07) is 0. The van der Waals surface area contributed by atoms with Crippen LogP contribution in [-0.2, 0) is 9.59 Å². The van der Waals surface area contributed by atoms with Crippen LogP contribution in [0.25, 0.3) is 0 Å². The molecule has 2 aliphatic rings. The molecule has 23 heavy (non-hydrogen) atoms. The lowest BCUT2D eigenvalue weighted by Crippen LogP contribution is -2.38. The molecule has 1 aliphatic heterocycles. The lowest BCUT2D eigenvalue weighted by atomic mass is 9.71. The topological polar surface area (TPSA) is 46.2 Å². The molecule has 1 heterocycles. The highest BCUT2D eigenvalue weighted by Crippen LogP contribution is 2.40. The van der Waals surface area contributed by atoms with Crippen LogP contribution in [-0.4, -0.2) is 18.2 Å². The van der Waals surface area contributed by atoms with Gasteiger partial charge in [0, 0.05) is 18.0 Å². The SMILES string of the molecule is C=C.CC.CC(=O)C(C)CCC1C2=C(CCNC2=O)CCC1C. The van der Waals surface area contributed by atoms with Crippen molar-refractivity contribution in [2.24, 2.45) is 17.8 Å². The lowest BCUT2D eigenvalue weighted by Gasteiger charge is -2.36. The Balaban J connectivity index is 0.00000112. The van der Waals surface area contributed by atoms with Gasteiger partial charge in [-0.3, -0.25) is 9.59 Å². The van der Waals surface area contributed by atoms with Gasteiger partial charge in [-0.15, -0.1) is 13.2 Å². The molecule has 0 bridgehead atoms. The van der Waals surface area contributed by atoms with E-state index in [-0.39, 0.29) is 17.6 Å². The van der Waals surface area contributed by atoms with E-state index in [1.165, 1.54) is 12.0 Å². The first-order valence-corrected chi connectivity index (χ1v) is 9.01. The van der Waals surface area contributed by atoms with Crippen molar-refractivity contribution in [1.82, 2.24) is 5.32 Å².